The molecule has 0 unspecified atom stereocenters. The Bertz CT molecular complexity index is 1330. The Labute approximate surface area is 223 Å². The summed E-state index contributed by atoms with van der Waals surface area (Å²) in [4.78, 5) is 13.7. The molecule has 37 heavy (non-hydrogen) atoms. The van der Waals surface area contributed by atoms with E-state index in [0.29, 0.717) is 18.7 Å². The Kier molecular flexibility index (Phi) is 6.57. The normalized spacial score (nSPS) is 23.0. The van der Waals surface area contributed by atoms with Crippen LogP contribution in [0.4, 0.5) is 10.1 Å². The van der Waals surface area contributed by atoms with E-state index in [2.05, 4.69) is 56.1 Å². The number of benzene rings is 3. The molecule has 2 N–H and O–H groups in total. The molecule has 5 rings (SSSR count). The second kappa shape index (κ2) is 9.45. The fourth-order valence-electron chi connectivity index (χ4n) is 6.40. The molecule has 2 aliphatic heterocycles. The highest BCUT2D eigenvalue weighted by atomic mass is 35.5. The molecule has 6 heteroatoms. The van der Waals surface area contributed by atoms with E-state index >= 15 is 4.39 Å². The van der Waals surface area contributed by atoms with Crippen molar-refractivity contribution in [2.24, 2.45) is 5.41 Å². The van der Waals surface area contributed by atoms with Gasteiger partial charge in [0.1, 0.15) is 5.82 Å². The maximum atomic E-state index is 15.5. The van der Waals surface area contributed by atoms with Gasteiger partial charge in [-0.15, -0.1) is 0 Å². The standard InChI is InChI=1S/C31H34ClFN2O2/c1-19-8-13-23-26(14-19)35(17-20-9-11-21(12-10-20)29(36)37)18-31(23)24(16-34-27(31)15-30(2,3)4)22-6-5-7-25(32)28(22)33/h5-14,24,27,34H,15-18H2,1-4H3,(H,36,37)/t24-,27+,31-/m1/s1. The van der Waals surface area contributed by atoms with Gasteiger partial charge in [-0.3, -0.25) is 0 Å². The smallest absolute Gasteiger partial charge is 0.335 e. The molecule has 0 radical (unpaired) electrons. The molecule has 2 aliphatic rings. The molecule has 1 spiro atoms. The van der Waals surface area contributed by atoms with Gasteiger partial charge in [0, 0.05) is 42.7 Å². The summed E-state index contributed by atoms with van der Waals surface area (Å²) >= 11 is 6.27. The van der Waals surface area contributed by atoms with Gasteiger partial charge in [-0.2, -0.15) is 0 Å². The number of aryl methyl sites for hydroxylation is 1. The number of carbonyl (C=O) groups is 1. The van der Waals surface area contributed by atoms with Crippen molar-refractivity contribution in [3.05, 3.63) is 99.3 Å². The maximum absolute atomic E-state index is 15.5. The third-order valence-electron chi connectivity index (χ3n) is 8.01. The molecule has 1 saturated heterocycles. The molecule has 3 aromatic carbocycles. The number of fused-ring (bicyclic) bond motifs is 2. The van der Waals surface area contributed by atoms with Gasteiger partial charge in [-0.1, -0.05) is 68.8 Å². The molecular formula is C31H34ClFN2O2. The first kappa shape index (κ1) is 25.7. The Hall–Kier alpha value is -2.89. The van der Waals surface area contributed by atoms with E-state index < -0.39 is 5.97 Å². The van der Waals surface area contributed by atoms with Gasteiger partial charge in [-0.05, 0) is 65.3 Å². The van der Waals surface area contributed by atoms with Gasteiger partial charge in [0.25, 0.3) is 0 Å². The summed E-state index contributed by atoms with van der Waals surface area (Å²) in [6, 6.07) is 19.2. The van der Waals surface area contributed by atoms with E-state index in [1.165, 1.54) is 11.1 Å². The van der Waals surface area contributed by atoms with E-state index in [1.807, 2.05) is 24.3 Å². The second-order valence-corrected chi connectivity index (χ2v) is 12.2. The number of halogens is 2. The van der Waals surface area contributed by atoms with Gasteiger partial charge in [0.05, 0.1) is 10.6 Å². The van der Waals surface area contributed by atoms with E-state index in [9.17, 15) is 9.90 Å². The molecule has 4 nitrogen and oxygen atoms in total. The minimum atomic E-state index is -0.930. The van der Waals surface area contributed by atoms with Crippen molar-refractivity contribution in [2.45, 2.75) is 58.0 Å². The third kappa shape index (κ3) is 4.64. The predicted octanol–water partition coefficient (Wildman–Crippen LogP) is 6.94. The van der Waals surface area contributed by atoms with Crippen molar-refractivity contribution in [2.75, 3.05) is 18.0 Å². The average molecular weight is 521 g/mol. The minimum absolute atomic E-state index is 0.0807. The van der Waals surface area contributed by atoms with Crippen molar-refractivity contribution in [3.63, 3.8) is 0 Å². The summed E-state index contributed by atoms with van der Waals surface area (Å²) in [5.41, 5.74) is 5.29. The Morgan fingerprint density at radius 3 is 2.57 bits per heavy atom. The van der Waals surface area contributed by atoms with Crippen LogP contribution in [-0.4, -0.2) is 30.2 Å². The van der Waals surface area contributed by atoms with Gasteiger partial charge in [-0.25, -0.2) is 9.18 Å². The van der Waals surface area contributed by atoms with E-state index in [0.717, 1.165) is 24.2 Å². The minimum Gasteiger partial charge on any atom is -0.478 e. The van der Waals surface area contributed by atoms with Crippen LogP contribution in [0.1, 0.15) is 65.7 Å². The Morgan fingerprint density at radius 2 is 1.89 bits per heavy atom. The number of carboxylic acid groups (broad SMARTS) is 1. The second-order valence-electron chi connectivity index (χ2n) is 11.8. The highest BCUT2D eigenvalue weighted by molar-refractivity contribution is 6.30. The van der Waals surface area contributed by atoms with E-state index in [-0.39, 0.29) is 39.2 Å². The molecule has 2 heterocycles. The fraction of sp³-hybridized carbons (Fsp3) is 0.387. The number of rotatable bonds is 5. The number of hydrogen-bond acceptors (Lipinski definition) is 3. The number of nitrogens with one attached hydrogen (secondary N) is 1. The summed E-state index contributed by atoms with van der Waals surface area (Å²) in [7, 11) is 0. The predicted molar refractivity (Wildman–Crippen MR) is 147 cm³/mol. The van der Waals surface area contributed by atoms with Crippen LogP contribution in [0, 0.1) is 18.2 Å². The van der Waals surface area contributed by atoms with Crippen LogP contribution in [-0.2, 0) is 12.0 Å². The SMILES string of the molecule is Cc1ccc2c(c1)N(Cc1ccc(C(=O)O)cc1)C[C@@]21[C@H](CC(C)(C)C)NC[C@@H]1c1cccc(Cl)c1F. The Balaban J connectivity index is 1.63. The first-order chi connectivity index (χ1) is 17.5. The van der Waals surface area contributed by atoms with Crippen LogP contribution < -0.4 is 10.2 Å². The monoisotopic (exact) mass is 520 g/mol. The van der Waals surface area contributed by atoms with Crippen molar-refractivity contribution < 1.29 is 14.3 Å². The van der Waals surface area contributed by atoms with Crippen LogP contribution in [0.5, 0.6) is 0 Å². The quantitative estimate of drug-likeness (QED) is 0.383. The molecular weight excluding hydrogens is 487 g/mol. The lowest BCUT2D eigenvalue weighted by Crippen LogP contribution is -2.48. The van der Waals surface area contributed by atoms with Crippen LogP contribution >= 0.6 is 11.6 Å². The molecule has 194 valence electrons. The van der Waals surface area contributed by atoms with Gasteiger partial charge in [0.15, 0.2) is 0 Å². The first-order valence-corrected chi connectivity index (χ1v) is 13.2. The third-order valence-corrected chi connectivity index (χ3v) is 8.30. The number of nitrogens with zero attached hydrogens (tertiary/aromatic N) is 1. The van der Waals surface area contributed by atoms with Crippen LogP contribution in [0.15, 0.2) is 60.7 Å². The van der Waals surface area contributed by atoms with Crippen LogP contribution in [0.25, 0.3) is 0 Å². The summed E-state index contributed by atoms with van der Waals surface area (Å²) in [6.45, 7) is 10.9. The summed E-state index contributed by atoms with van der Waals surface area (Å²) in [5.74, 6) is -1.34. The zero-order valence-electron chi connectivity index (χ0n) is 21.8. The molecule has 0 bridgehead atoms. The van der Waals surface area contributed by atoms with E-state index in [1.54, 1.807) is 18.2 Å². The summed E-state index contributed by atoms with van der Waals surface area (Å²) < 4.78 is 15.5. The molecule has 0 aromatic heterocycles. The highest BCUT2D eigenvalue weighted by Gasteiger charge is 2.57. The number of anilines is 1. The number of hydrogen-bond donors (Lipinski definition) is 2. The number of carboxylic acids is 1. The van der Waals surface area contributed by atoms with Crippen molar-refractivity contribution in [1.82, 2.24) is 5.32 Å². The first-order valence-electron chi connectivity index (χ1n) is 12.9. The maximum Gasteiger partial charge on any atom is 0.335 e. The average Bonchev–Trinajstić information content (AvgIpc) is 3.33. The summed E-state index contributed by atoms with van der Waals surface area (Å²) in [6.07, 6.45) is 0.945. The lowest BCUT2D eigenvalue weighted by molar-refractivity contribution is 0.0697. The van der Waals surface area contributed by atoms with Gasteiger partial charge < -0.3 is 15.3 Å². The Morgan fingerprint density at radius 1 is 1.16 bits per heavy atom. The topological polar surface area (TPSA) is 52.6 Å². The van der Waals surface area contributed by atoms with Crippen molar-refractivity contribution in [1.29, 1.82) is 0 Å². The van der Waals surface area contributed by atoms with Crippen molar-refractivity contribution in [3.8, 4) is 0 Å². The highest BCUT2D eigenvalue weighted by Crippen LogP contribution is 2.56. The largest absolute Gasteiger partial charge is 0.478 e. The zero-order chi connectivity index (χ0) is 26.5. The molecule has 0 aliphatic carbocycles. The molecule has 0 amide bonds. The molecule has 0 saturated carbocycles. The van der Waals surface area contributed by atoms with Crippen LogP contribution in [0.2, 0.25) is 5.02 Å². The number of aromatic carboxylic acids is 1. The lowest BCUT2D eigenvalue weighted by atomic mass is 9.64. The zero-order valence-corrected chi connectivity index (χ0v) is 22.6. The van der Waals surface area contributed by atoms with E-state index in [4.69, 9.17) is 11.6 Å². The fourth-order valence-corrected chi connectivity index (χ4v) is 6.59. The van der Waals surface area contributed by atoms with Crippen LogP contribution in [0.3, 0.4) is 0 Å². The van der Waals surface area contributed by atoms with Gasteiger partial charge in [0.2, 0.25) is 0 Å². The van der Waals surface area contributed by atoms with Crippen molar-refractivity contribution >= 4 is 23.3 Å². The molecule has 3 atom stereocenters. The molecule has 1 fully saturated rings. The molecule has 3 aromatic rings. The lowest BCUT2D eigenvalue weighted by Gasteiger charge is -2.40. The van der Waals surface area contributed by atoms with Gasteiger partial charge >= 0.3 is 5.97 Å². The summed E-state index contributed by atoms with van der Waals surface area (Å²) in [5, 5.41) is 13.3.